The van der Waals surface area contributed by atoms with Crippen molar-refractivity contribution in [3.8, 4) is 11.5 Å². The van der Waals surface area contributed by atoms with Crippen molar-refractivity contribution in [2.75, 3.05) is 30.8 Å². The molecule has 11 heteroatoms. The van der Waals surface area contributed by atoms with Crippen LogP contribution in [0.4, 0.5) is 17.1 Å². The minimum atomic E-state index is -3.82. The Morgan fingerprint density at radius 2 is 1.61 bits per heavy atom. The fourth-order valence-corrected chi connectivity index (χ4v) is 4.16. The van der Waals surface area contributed by atoms with Crippen LogP contribution in [0.15, 0.2) is 71.6 Å². The van der Waals surface area contributed by atoms with E-state index in [1.165, 1.54) is 62.7 Å². The average Bonchev–Trinajstić information content (AvgIpc) is 2.83. The van der Waals surface area contributed by atoms with E-state index in [0.29, 0.717) is 17.1 Å². The molecule has 0 bridgehead atoms. The molecule has 0 saturated heterocycles. The summed E-state index contributed by atoms with van der Waals surface area (Å²) in [5, 5.41) is 13.8. The summed E-state index contributed by atoms with van der Waals surface area (Å²) in [5.74, 6) is -0.115. The fourth-order valence-electron chi connectivity index (χ4n) is 2.96. The van der Waals surface area contributed by atoms with E-state index in [1.807, 2.05) is 0 Å². The van der Waals surface area contributed by atoms with Crippen molar-refractivity contribution in [1.29, 1.82) is 0 Å². The number of rotatable bonds is 8. The zero-order valence-corrected chi connectivity index (χ0v) is 18.8. The molecule has 0 aromatic heterocycles. The van der Waals surface area contributed by atoms with Crippen molar-refractivity contribution in [3.05, 3.63) is 82.4 Å². The molecule has 3 aromatic rings. The summed E-state index contributed by atoms with van der Waals surface area (Å²) in [7, 11) is 0.650. The number of nitro groups is 1. The molecule has 0 aliphatic heterocycles. The molecule has 0 amide bonds. The van der Waals surface area contributed by atoms with Gasteiger partial charge in [0.05, 0.1) is 28.2 Å². The van der Waals surface area contributed by atoms with Gasteiger partial charge in [-0.05, 0) is 54.6 Å². The number of sulfonamides is 1. The maximum absolute atomic E-state index is 12.9. The first kappa shape index (κ1) is 23.5. The zero-order valence-electron chi connectivity index (χ0n) is 18.0. The van der Waals surface area contributed by atoms with E-state index in [1.54, 1.807) is 19.2 Å². The number of nitrogens with one attached hydrogen (secondary N) is 1. The molecule has 33 heavy (non-hydrogen) atoms. The van der Waals surface area contributed by atoms with E-state index in [2.05, 4.69) is 5.32 Å². The van der Waals surface area contributed by atoms with Crippen LogP contribution in [0.1, 0.15) is 10.4 Å². The van der Waals surface area contributed by atoms with Gasteiger partial charge in [-0.1, -0.05) is 0 Å². The Bertz CT molecular complexity index is 1270. The molecule has 0 radical (unpaired) electrons. The first-order valence-corrected chi connectivity index (χ1v) is 11.0. The molecule has 3 rings (SSSR count). The molecule has 0 atom stereocenters. The summed E-state index contributed by atoms with van der Waals surface area (Å²) in [6.07, 6.45) is 0. The second kappa shape index (κ2) is 9.57. The highest BCUT2D eigenvalue weighted by molar-refractivity contribution is 7.92. The summed E-state index contributed by atoms with van der Waals surface area (Å²) in [4.78, 5) is 23.1. The predicted molar refractivity (Wildman–Crippen MR) is 123 cm³/mol. The number of carbonyl (C=O) groups excluding carboxylic acids is 1. The Balaban J connectivity index is 1.79. The second-order valence-electron chi connectivity index (χ2n) is 6.77. The molecule has 0 heterocycles. The van der Waals surface area contributed by atoms with Crippen molar-refractivity contribution in [2.24, 2.45) is 0 Å². The number of ether oxygens (including phenoxy) is 2. The van der Waals surface area contributed by atoms with Gasteiger partial charge in [0.1, 0.15) is 11.5 Å². The highest BCUT2D eigenvalue weighted by atomic mass is 32.2. The summed E-state index contributed by atoms with van der Waals surface area (Å²) in [5.41, 5.74) is 0.459. The van der Waals surface area contributed by atoms with Crippen LogP contribution in [-0.2, 0) is 10.0 Å². The van der Waals surface area contributed by atoms with Crippen LogP contribution < -0.4 is 19.1 Å². The molecule has 0 aliphatic carbocycles. The number of methoxy groups -OCH3 is 1. The highest BCUT2D eigenvalue weighted by Gasteiger charge is 2.22. The summed E-state index contributed by atoms with van der Waals surface area (Å²) >= 11 is 0. The van der Waals surface area contributed by atoms with Gasteiger partial charge in [-0.15, -0.1) is 0 Å². The van der Waals surface area contributed by atoms with E-state index < -0.39 is 20.9 Å². The van der Waals surface area contributed by atoms with Crippen molar-refractivity contribution in [1.82, 2.24) is 0 Å². The van der Waals surface area contributed by atoms with Gasteiger partial charge >= 0.3 is 5.97 Å². The number of hydrogen-bond donors (Lipinski definition) is 1. The average molecular weight is 471 g/mol. The standard InChI is InChI=1S/C22H21N3O7S/c1-23-21-13-6-16(25(27)28)14-20(21)22(26)32-18-7-4-15(5-8-18)24(2)33(29,30)19-11-9-17(31-3)10-12-19/h4-14,23H,1-3H3. The molecule has 0 saturated carbocycles. The molecule has 3 aromatic carbocycles. The monoisotopic (exact) mass is 471 g/mol. The van der Waals surface area contributed by atoms with Crippen molar-refractivity contribution in [2.45, 2.75) is 4.90 Å². The lowest BCUT2D eigenvalue weighted by Crippen LogP contribution is -2.26. The van der Waals surface area contributed by atoms with Gasteiger partial charge < -0.3 is 14.8 Å². The molecular formula is C22H21N3O7S. The number of hydrogen-bond acceptors (Lipinski definition) is 8. The smallest absolute Gasteiger partial charge is 0.345 e. The number of carbonyl (C=O) groups is 1. The van der Waals surface area contributed by atoms with Gasteiger partial charge in [-0.3, -0.25) is 14.4 Å². The first-order valence-electron chi connectivity index (χ1n) is 9.59. The minimum Gasteiger partial charge on any atom is -0.497 e. The van der Waals surface area contributed by atoms with Gasteiger partial charge in [-0.25, -0.2) is 13.2 Å². The van der Waals surface area contributed by atoms with Crippen LogP contribution in [0.25, 0.3) is 0 Å². The van der Waals surface area contributed by atoms with Crippen molar-refractivity contribution in [3.63, 3.8) is 0 Å². The molecule has 0 unspecified atom stereocenters. The third-order valence-corrected chi connectivity index (χ3v) is 6.63. The number of nitrogens with zero attached hydrogens (tertiary/aromatic N) is 2. The van der Waals surface area contributed by atoms with E-state index in [-0.39, 0.29) is 21.9 Å². The maximum Gasteiger partial charge on any atom is 0.345 e. The normalized spacial score (nSPS) is 10.9. The minimum absolute atomic E-state index is 0.00465. The third kappa shape index (κ3) is 5.04. The lowest BCUT2D eigenvalue weighted by molar-refractivity contribution is -0.384. The number of anilines is 2. The maximum atomic E-state index is 12.9. The molecular weight excluding hydrogens is 450 g/mol. The van der Waals surface area contributed by atoms with Gasteiger partial charge in [0.2, 0.25) is 0 Å². The third-order valence-electron chi connectivity index (χ3n) is 4.83. The van der Waals surface area contributed by atoms with Crippen molar-refractivity contribution >= 4 is 33.1 Å². The van der Waals surface area contributed by atoms with Gasteiger partial charge in [0.15, 0.2) is 0 Å². The van der Waals surface area contributed by atoms with Crippen LogP contribution in [0, 0.1) is 10.1 Å². The Kier molecular flexibility index (Phi) is 6.83. The summed E-state index contributed by atoms with van der Waals surface area (Å²) < 4.78 is 37.2. The summed E-state index contributed by atoms with van der Waals surface area (Å²) in [6.45, 7) is 0. The SMILES string of the molecule is CNc1ccc([N+](=O)[O-])cc1C(=O)Oc1ccc(N(C)S(=O)(=O)c2ccc(OC)cc2)cc1. The van der Waals surface area contributed by atoms with Gasteiger partial charge in [-0.2, -0.15) is 0 Å². The molecule has 0 fully saturated rings. The lowest BCUT2D eigenvalue weighted by atomic mass is 10.1. The van der Waals surface area contributed by atoms with Crippen LogP contribution >= 0.6 is 0 Å². The largest absolute Gasteiger partial charge is 0.497 e. The van der Waals surface area contributed by atoms with E-state index >= 15 is 0 Å². The molecule has 1 N–H and O–H groups in total. The first-order chi connectivity index (χ1) is 15.7. The number of non-ortho nitro benzene ring substituents is 1. The predicted octanol–water partition coefficient (Wildman–Crippen LogP) is 3.69. The van der Waals surface area contributed by atoms with E-state index in [0.717, 1.165) is 10.4 Å². The zero-order chi connectivity index (χ0) is 24.2. The van der Waals surface area contributed by atoms with Gasteiger partial charge in [0.25, 0.3) is 15.7 Å². The Morgan fingerprint density at radius 1 is 1.00 bits per heavy atom. The molecule has 0 spiro atoms. The summed E-state index contributed by atoms with van der Waals surface area (Å²) in [6, 6.07) is 15.6. The van der Waals surface area contributed by atoms with E-state index in [4.69, 9.17) is 9.47 Å². The topological polar surface area (TPSA) is 128 Å². The molecule has 172 valence electrons. The van der Waals surface area contributed by atoms with Crippen LogP contribution in [0.2, 0.25) is 0 Å². The van der Waals surface area contributed by atoms with Crippen LogP contribution in [-0.4, -0.2) is 40.5 Å². The fraction of sp³-hybridized carbons (Fsp3) is 0.136. The van der Waals surface area contributed by atoms with Crippen molar-refractivity contribution < 1.29 is 27.6 Å². The van der Waals surface area contributed by atoms with Crippen LogP contribution in [0.3, 0.4) is 0 Å². The second-order valence-corrected chi connectivity index (χ2v) is 8.74. The molecule has 0 aliphatic rings. The lowest BCUT2D eigenvalue weighted by Gasteiger charge is -2.20. The van der Waals surface area contributed by atoms with Crippen LogP contribution in [0.5, 0.6) is 11.5 Å². The Morgan fingerprint density at radius 3 is 2.15 bits per heavy atom. The highest BCUT2D eigenvalue weighted by Crippen LogP contribution is 2.27. The number of esters is 1. The number of benzene rings is 3. The van der Waals surface area contributed by atoms with Gasteiger partial charge in [0, 0.05) is 31.9 Å². The Hall–Kier alpha value is -4.12. The number of nitro benzene ring substituents is 1. The van der Waals surface area contributed by atoms with E-state index in [9.17, 15) is 23.3 Å². The molecule has 10 nitrogen and oxygen atoms in total. The quantitative estimate of drug-likeness (QED) is 0.228. The Labute approximate surface area is 190 Å².